The van der Waals surface area contributed by atoms with Crippen molar-refractivity contribution in [2.24, 2.45) is 0 Å². The minimum absolute atomic E-state index is 0.222. The molecule has 0 saturated carbocycles. The van der Waals surface area contributed by atoms with Crippen molar-refractivity contribution in [1.82, 2.24) is 5.32 Å². The molecule has 1 atom stereocenters. The normalized spacial score (nSPS) is 15.7. The van der Waals surface area contributed by atoms with Gasteiger partial charge in [0, 0.05) is 18.7 Å². The number of ether oxygens (including phenoxy) is 1. The van der Waals surface area contributed by atoms with Crippen molar-refractivity contribution in [2.45, 2.75) is 51.7 Å². The molecule has 1 aliphatic rings. The number of phenols is 1. The van der Waals surface area contributed by atoms with Gasteiger partial charge in [0.05, 0.1) is 0 Å². The molecule has 1 aromatic rings. The Hall–Kier alpha value is -2.28. The molecule has 24 heavy (non-hydrogen) atoms. The zero-order valence-electron chi connectivity index (χ0n) is 14.0. The van der Waals surface area contributed by atoms with Gasteiger partial charge in [0.25, 0.3) is 0 Å². The van der Waals surface area contributed by atoms with E-state index < -0.39 is 11.9 Å². The molecule has 2 rings (SSSR count). The number of hydrogen-bond donors (Lipinski definition) is 4. The summed E-state index contributed by atoms with van der Waals surface area (Å²) in [4.78, 5) is 18.2. The molecule has 0 saturated heterocycles. The first-order valence-electron chi connectivity index (χ1n) is 8.05. The first-order valence-corrected chi connectivity index (χ1v) is 8.05. The van der Waals surface area contributed by atoms with Gasteiger partial charge >= 0.3 is 11.9 Å². The number of hydrogen-bond acceptors (Lipinski definition) is 5. The van der Waals surface area contributed by atoms with Crippen molar-refractivity contribution in [2.75, 3.05) is 6.54 Å². The molecule has 1 unspecified atom stereocenters. The molecular weight excluding hydrogens is 314 g/mol. The van der Waals surface area contributed by atoms with Gasteiger partial charge in [0.2, 0.25) is 0 Å². The Balaban J connectivity index is 0.000000413. The Morgan fingerprint density at radius 1 is 1.25 bits per heavy atom. The summed E-state index contributed by atoms with van der Waals surface area (Å²) in [5.41, 5.74) is 1.20. The maximum absolute atomic E-state index is 9.47. The second-order valence-electron chi connectivity index (χ2n) is 5.60. The SMILES string of the molecule is CCC(CC)NCC1CCc2ccc(O)cc2O1.O=C(O)C(=O)O. The Bertz CT molecular complexity index is 544. The molecule has 134 valence electrons. The van der Waals surface area contributed by atoms with Crippen molar-refractivity contribution in [1.29, 1.82) is 0 Å². The fraction of sp³-hybridized carbons (Fsp3) is 0.529. The number of carbonyl (C=O) groups is 2. The van der Waals surface area contributed by atoms with E-state index in [-0.39, 0.29) is 11.9 Å². The third-order valence-corrected chi connectivity index (χ3v) is 3.88. The lowest BCUT2D eigenvalue weighted by molar-refractivity contribution is -0.159. The molecule has 4 N–H and O–H groups in total. The van der Waals surface area contributed by atoms with Crippen molar-refractivity contribution in [3.8, 4) is 11.5 Å². The highest BCUT2D eigenvalue weighted by atomic mass is 16.5. The molecule has 0 aliphatic carbocycles. The Morgan fingerprint density at radius 2 is 1.88 bits per heavy atom. The van der Waals surface area contributed by atoms with Crippen LogP contribution in [0.25, 0.3) is 0 Å². The van der Waals surface area contributed by atoms with Crippen molar-refractivity contribution in [3.05, 3.63) is 23.8 Å². The molecule has 0 aromatic heterocycles. The zero-order chi connectivity index (χ0) is 18.1. The van der Waals surface area contributed by atoms with E-state index in [1.165, 1.54) is 5.56 Å². The number of rotatable bonds is 5. The summed E-state index contributed by atoms with van der Waals surface area (Å²) in [5, 5.41) is 27.8. The van der Waals surface area contributed by atoms with Crippen LogP contribution < -0.4 is 10.1 Å². The van der Waals surface area contributed by atoms with E-state index in [4.69, 9.17) is 24.5 Å². The fourth-order valence-corrected chi connectivity index (χ4v) is 2.43. The van der Waals surface area contributed by atoms with Gasteiger partial charge in [-0.2, -0.15) is 0 Å². The summed E-state index contributed by atoms with van der Waals surface area (Å²) in [6.07, 6.45) is 4.61. The third-order valence-electron chi connectivity index (χ3n) is 3.88. The fourth-order valence-electron chi connectivity index (χ4n) is 2.43. The average Bonchev–Trinajstić information content (AvgIpc) is 2.55. The number of aryl methyl sites for hydroxylation is 1. The van der Waals surface area contributed by atoms with Crippen LogP contribution in [0.3, 0.4) is 0 Å². The summed E-state index contributed by atoms with van der Waals surface area (Å²) in [6.45, 7) is 5.30. The predicted molar refractivity (Wildman–Crippen MR) is 88.5 cm³/mol. The third kappa shape index (κ3) is 6.45. The summed E-state index contributed by atoms with van der Waals surface area (Å²) in [7, 11) is 0. The van der Waals surface area contributed by atoms with Gasteiger partial charge in [0.15, 0.2) is 0 Å². The summed E-state index contributed by atoms with van der Waals surface area (Å²) < 4.78 is 5.93. The predicted octanol–water partition coefficient (Wildman–Crippen LogP) is 2.02. The lowest BCUT2D eigenvalue weighted by atomic mass is 10.0. The van der Waals surface area contributed by atoms with Crippen molar-refractivity contribution in [3.63, 3.8) is 0 Å². The molecule has 7 nitrogen and oxygen atoms in total. The number of carboxylic acid groups (broad SMARTS) is 2. The van der Waals surface area contributed by atoms with E-state index in [0.717, 1.165) is 38.0 Å². The number of aromatic hydroxyl groups is 1. The van der Waals surface area contributed by atoms with Crippen molar-refractivity contribution < 1.29 is 29.6 Å². The number of aliphatic carboxylic acids is 2. The largest absolute Gasteiger partial charge is 0.508 e. The summed E-state index contributed by atoms with van der Waals surface area (Å²) in [5.74, 6) is -2.52. The number of benzene rings is 1. The van der Waals surface area contributed by atoms with Crippen LogP contribution in [0.2, 0.25) is 0 Å². The van der Waals surface area contributed by atoms with Crippen LogP contribution >= 0.6 is 0 Å². The highest BCUT2D eigenvalue weighted by Crippen LogP contribution is 2.30. The van der Waals surface area contributed by atoms with Crippen LogP contribution in [0, 0.1) is 0 Å². The maximum Gasteiger partial charge on any atom is 0.414 e. The molecule has 0 radical (unpaired) electrons. The highest BCUT2D eigenvalue weighted by Gasteiger charge is 2.20. The van der Waals surface area contributed by atoms with Gasteiger partial charge < -0.3 is 25.4 Å². The standard InChI is InChI=1S/C15H23NO2.C2H2O4/c1-3-12(4-2)16-10-14-8-6-11-5-7-13(17)9-15(11)18-14;3-1(4)2(5)6/h5,7,9,12,14,16-17H,3-4,6,8,10H2,1-2H3;(H,3,4)(H,5,6). The lowest BCUT2D eigenvalue weighted by Gasteiger charge is -2.28. The second kappa shape index (κ2) is 9.77. The summed E-state index contributed by atoms with van der Waals surface area (Å²) >= 11 is 0. The number of phenolic OH excluding ortho intramolecular Hbond substituents is 1. The topological polar surface area (TPSA) is 116 Å². The molecule has 0 amide bonds. The van der Waals surface area contributed by atoms with E-state index in [2.05, 4.69) is 19.2 Å². The Labute approximate surface area is 141 Å². The van der Waals surface area contributed by atoms with Gasteiger partial charge in [-0.15, -0.1) is 0 Å². The van der Waals surface area contributed by atoms with E-state index in [1.54, 1.807) is 12.1 Å². The van der Waals surface area contributed by atoms with E-state index in [9.17, 15) is 5.11 Å². The smallest absolute Gasteiger partial charge is 0.414 e. The zero-order valence-corrected chi connectivity index (χ0v) is 14.0. The molecule has 1 aliphatic heterocycles. The Kier molecular flexibility index (Phi) is 8.05. The lowest BCUT2D eigenvalue weighted by Crippen LogP contribution is -2.39. The van der Waals surface area contributed by atoms with E-state index in [1.807, 2.05) is 6.07 Å². The molecule has 0 fully saturated rings. The van der Waals surface area contributed by atoms with Crippen LogP contribution in [0.1, 0.15) is 38.7 Å². The van der Waals surface area contributed by atoms with E-state index in [0.29, 0.717) is 6.04 Å². The monoisotopic (exact) mass is 339 g/mol. The molecule has 0 spiro atoms. The summed E-state index contributed by atoms with van der Waals surface area (Å²) in [6, 6.07) is 5.98. The first kappa shape index (κ1) is 19.8. The van der Waals surface area contributed by atoms with Gasteiger partial charge in [0.1, 0.15) is 17.6 Å². The quantitative estimate of drug-likeness (QED) is 0.606. The minimum Gasteiger partial charge on any atom is -0.508 e. The van der Waals surface area contributed by atoms with Gasteiger partial charge in [-0.05, 0) is 37.3 Å². The number of carboxylic acids is 2. The van der Waals surface area contributed by atoms with Gasteiger partial charge in [-0.1, -0.05) is 19.9 Å². The second-order valence-corrected chi connectivity index (χ2v) is 5.60. The molecule has 7 heteroatoms. The maximum atomic E-state index is 9.47. The number of nitrogens with one attached hydrogen (secondary N) is 1. The molecular formula is C17H25NO6. The molecule has 1 aromatic carbocycles. The van der Waals surface area contributed by atoms with Gasteiger partial charge in [-0.3, -0.25) is 0 Å². The first-order chi connectivity index (χ1) is 11.4. The van der Waals surface area contributed by atoms with Crippen LogP contribution in [0.15, 0.2) is 18.2 Å². The molecule has 0 bridgehead atoms. The van der Waals surface area contributed by atoms with E-state index >= 15 is 0 Å². The number of fused-ring (bicyclic) bond motifs is 1. The Morgan fingerprint density at radius 3 is 2.42 bits per heavy atom. The highest BCUT2D eigenvalue weighted by molar-refractivity contribution is 6.27. The van der Waals surface area contributed by atoms with Crippen LogP contribution in [0.5, 0.6) is 11.5 Å². The van der Waals surface area contributed by atoms with Crippen LogP contribution in [-0.4, -0.2) is 45.9 Å². The average molecular weight is 339 g/mol. The van der Waals surface area contributed by atoms with Crippen molar-refractivity contribution >= 4 is 11.9 Å². The minimum atomic E-state index is -1.82. The van der Waals surface area contributed by atoms with Crippen LogP contribution in [-0.2, 0) is 16.0 Å². The molecule has 1 heterocycles. The van der Waals surface area contributed by atoms with Gasteiger partial charge in [-0.25, -0.2) is 9.59 Å². The van der Waals surface area contributed by atoms with Crippen LogP contribution in [0.4, 0.5) is 0 Å².